The van der Waals surface area contributed by atoms with Gasteiger partial charge in [-0.3, -0.25) is 4.18 Å². The van der Waals surface area contributed by atoms with Gasteiger partial charge in [0.05, 0.1) is 11.5 Å². The van der Waals surface area contributed by atoms with E-state index >= 15 is 0 Å². The Morgan fingerprint density at radius 2 is 1.94 bits per heavy atom. The molecule has 0 radical (unpaired) electrons. The van der Waals surface area contributed by atoms with E-state index in [1.54, 1.807) is 24.3 Å². The fourth-order valence-electron chi connectivity index (χ4n) is 1.97. The smallest absolute Gasteiger partial charge is 0.266 e. The van der Waals surface area contributed by atoms with Gasteiger partial charge >= 0.3 is 0 Å². The van der Waals surface area contributed by atoms with Crippen LogP contribution in [0.2, 0.25) is 0 Å². The van der Waals surface area contributed by atoms with Gasteiger partial charge in [0.1, 0.15) is 0 Å². The monoisotopic (exact) mass is 266 g/mol. The van der Waals surface area contributed by atoms with E-state index in [9.17, 15) is 8.42 Å². The molecular weight excluding hydrogens is 248 g/mol. The summed E-state index contributed by atoms with van der Waals surface area (Å²) in [4.78, 5) is 0.236. The Hall–Kier alpha value is -1.13. The third kappa shape index (κ3) is 3.43. The summed E-state index contributed by atoms with van der Waals surface area (Å²) in [5, 5.41) is 0. The Kier molecular flexibility index (Phi) is 4.19. The van der Waals surface area contributed by atoms with Crippen molar-refractivity contribution in [2.24, 2.45) is 5.92 Å². The summed E-state index contributed by atoms with van der Waals surface area (Å²) in [5.74, 6) is 0.315. The Morgan fingerprint density at radius 3 is 2.56 bits per heavy atom. The highest BCUT2D eigenvalue weighted by atomic mass is 32.2. The Labute approximate surface area is 109 Å². The minimum Gasteiger partial charge on any atom is -0.266 e. The van der Waals surface area contributed by atoms with E-state index in [4.69, 9.17) is 4.18 Å². The van der Waals surface area contributed by atoms with E-state index in [2.05, 4.69) is 12.2 Å². The largest absolute Gasteiger partial charge is 0.296 e. The van der Waals surface area contributed by atoms with Crippen LogP contribution in [-0.2, 0) is 14.3 Å². The lowest BCUT2D eigenvalue weighted by Crippen LogP contribution is -2.15. The maximum Gasteiger partial charge on any atom is 0.296 e. The van der Waals surface area contributed by atoms with Crippen LogP contribution in [-0.4, -0.2) is 15.0 Å². The van der Waals surface area contributed by atoms with Gasteiger partial charge in [0, 0.05) is 0 Å². The third-order valence-corrected chi connectivity index (χ3v) is 4.44. The molecule has 0 bridgehead atoms. The zero-order valence-corrected chi connectivity index (χ0v) is 11.3. The lowest BCUT2D eigenvalue weighted by atomic mass is 9.96. The standard InChI is InChI=1S/C14H18O3S/c1-12-7-9-14(10-8-12)18(15,16)17-11-13-5-3-2-4-6-13/h2-3,7-10,13H,4-6,11H2,1H3. The Bertz CT molecular complexity index is 514. The molecule has 0 fully saturated rings. The van der Waals surface area contributed by atoms with Gasteiger partial charge in [-0.2, -0.15) is 8.42 Å². The first-order chi connectivity index (χ1) is 8.58. The number of benzene rings is 1. The van der Waals surface area contributed by atoms with Crippen LogP contribution in [0, 0.1) is 12.8 Å². The highest BCUT2D eigenvalue weighted by Gasteiger charge is 2.18. The molecule has 1 aromatic rings. The third-order valence-electron chi connectivity index (χ3n) is 3.15. The predicted octanol–water partition coefficient (Wildman–Crippen LogP) is 3.06. The molecule has 18 heavy (non-hydrogen) atoms. The van der Waals surface area contributed by atoms with Gasteiger partial charge in [-0.25, -0.2) is 0 Å². The molecule has 0 aromatic heterocycles. The molecule has 1 aliphatic rings. The van der Waals surface area contributed by atoms with E-state index < -0.39 is 10.1 Å². The molecule has 1 aliphatic carbocycles. The van der Waals surface area contributed by atoms with Gasteiger partial charge < -0.3 is 0 Å². The average molecular weight is 266 g/mol. The summed E-state index contributed by atoms with van der Waals surface area (Å²) in [5.41, 5.74) is 1.03. The number of allylic oxidation sites excluding steroid dienone is 2. The first-order valence-electron chi connectivity index (χ1n) is 6.19. The second-order valence-corrected chi connectivity index (χ2v) is 6.32. The van der Waals surface area contributed by atoms with Gasteiger partial charge in [0.2, 0.25) is 0 Å². The van der Waals surface area contributed by atoms with Crippen molar-refractivity contribution in [3.8, 4) is 0 Å². The van der Waals surface area contributed by atoms with E-state index in [0.717, 1.165) is 24.8 Å². The van der Waals surface area contributed by atoms with Crippen LogP contribution in [0.15, 0.2) is 41.3 Å². The lowest BCUT2D eigenvalue weighted by Gasteiger charge is -2.17. The first kappa shape index (κ1) is 13.3. The van der Waals surface area contributed by atoms with Crippen molar-refractivity contribution in [3.05, 3.63) is 42.0 Å². The van der Waals surface area contributed by atoms with E-state index in [0.29, 0.717) is 5.92 Å². The maximum absolute atomic E-state index is 11.9. The zero-order chi connectivity index (χ0) is 13.0. The van der Waals surface area contributed by atoms with Crippen LogP contribution >= 0.6 is 0 Å². The zero-order valence-electron chi connectivity index (χ0n) is 10.5. The predicted molar refractivity (Wildman–Crippen MR) is 70.8 cm³/mol. The molecule has 1 aromatic carbocycles. The lowest BCUT2D eigenvalue weighted by molar-refractivity contribution is 0.244. The van der Waals surface area contributed by atoms with E-state index in [1.165, 1.54) is 0 Å². The highest BCUT2D eigenvalue weighted by molar-refractivity contribution is 7.86. The van der Waals surface area contributed by atoms with Crippen molar-refractivity contribution in [3.63, 3.8) is 0 Å². The van der Waals surface area contributed by atoms with Crippen molar-refractivity contribution < 1.29 is 12.6 Å². The van der Waals surface area contributed by atoms with Gasteiger partial charge in [-0.15, -0.1) is 0 Å². The van der Waals surface area contributed by atoms with Crippen molar-refractivity contribution >= 4 is 10.1 Å². The molecule has 3 nitrogen and oxygen atoms in total. The quantitative estimate of drug-likeness (QED) is 0.621. The van der Waals surface area contributed by atoms with Crippen molar-refractivity contribution in [1.82, 2.24) is 0 Å². The first-order valence-corrected chi connectivity index (χ1v) is 7.60. The van der Waals surface area contributed by atoms with E-state index in [-0.39, 0.29) is 11.5 Å². The maximum atomic E-state index is 11.9. The van der Waals surface area contributed by atoms with Crippen LogP contribution in [0.1, 0.15) is 24.8 Å². The molecule has 0 saturated heterocycles. The molecule has 0 N–H and O–H groups in total. The van der Waals surface area contributed by atoms with Crippen LogP contribution < -0.4 is 0 Å². The highest BCUT2D eigenvalue weighted by Crippen LogP contribution is 2.21. The number of hydrogen-bond acceptors (Lipinski definition) is 3. The summed E-state index contributed by atoms with van der Waals surface area (Å²) in [6.07, 6.45) is 7.14. The molecule has 98 valence electrons. The molecule has 0 aliphatic heterocycles. The normalized spacial score (nSPS) is 19.9. The average Bonchev–Trinajstić information content (AvgIpc) is 2.38. The van der Waals surface area contributed by atoms with Crippen molar-refractivity contribution in [2.45, 2.75) is 31.1 Å². The van der Waals surface area contributed by atoms with Crippen LogP contribution in [0.4, 0.5) is 0 Å². The number of rotatable bonds is 4. The van der Waals surface area contributed by atoms with Crippen LogP contribution in [0.25, 0.3) is 0 Å². The summed E-state index contributed by atoms with van der Waals surface area (Å²) >= 11 is 0. The molecule has 1 atom stereocenters. The minimum absolute atomic E-state index is 0.236. The number of hydrogen-bond donors (Lipinski definition) is 0. The molecule has 1 unspecified atom stereocenters. The molecular formula is C14H18O3S. The number of aryl methyl sites for hydroxylation is 1. The van der Waals surface area contributed by atoms with Crippen molar-refractivity contribution in [2.75, 3.05) is 6.61 Å². The van der Waals surface area contributed by atoms with E-state index in [1.807, 2.05) is 6.92 Å². The van der Waals surface area contributed by atoms with Crippen LogP contribution in [0.3, 0.4) is 0 Å². The molecule has 0 amide bonds. The van der Waals surface area contributed by atoms with Gasteiger partial charge in [0.25, 0.3) is 10.1 Å². The fraction of sp³-hybridized carbons (Fsp3) is 0.429. The molecule has 0 spiro atoms. The topological polar surface area (TPSA) is 43.4 Å². The molecule has 4 heteroatoms. The van der Waals surface area contributed by atoms with Gasteiger partial charge in [0.15, 0.2) is 0 Å². The Morgan fingerprint density at radius 1 is 1.22 bits per heavy atom. The molecule has 0 heterocycles. The van der Waals surface area contributed by atoms with Gasteiger partial charge in [-0.05, 0) is 44.2 Å². The second kappa shape index (κ2) is 5.67. The molecule has 2 rings (SSSR count). The summed E-state index contributed by atoms with van der Waals surface area (Å²) in [6.45, 7) is 2.20. The fourth-order valence-corrected chi connectivity index (χ4v) is 2.94. The molecule has 0 saturated carbocycles. The summed E-state index contributed by atoms with van der Waals surface area (Å²) in [6, 6.07) is 6.73. The Balaban J connectivity index is 1.99. The second-order valence-electron chi connectivity index (χ2n) is 4.70. The van der Waals surface area contributed by atoms with Crippen LogP contribution in [0.5, 0.6) is 0 Å². The summed E-state index contributed by atoms with van der Waals surface area (Å²) < 4.78 is 29.0. The van der Waals surface area contributed by atoms with Gasteiger partial charge in [-0.1, -0.05) is 29.8 Å². The van der Waals surface area contributed by atoms with Crippen molar-refractivity contribution in [1.29, 1.82) is 0 Å². The minimum atomic E-state index is -3.60. The summed E-state index contributed by atoms with van der Waals surface area (Å²) in [7, 11) is -3.60. The SMILES string of the molecule is Cc1ccc(S(=O)(=O)OCC2CC=CCC2)cc1.